The average Bonchev–Trinajstić information content (AvgIpc) is 2.38. The highest BCUT2D eigenvalue weighted by atomic mass is 79.9. The Hall–Kier alpha value is -0.690. The van der Waals surface area contributed by atoms with Gasteiger partial charge in [-0.2, -0.15) is 0 Å². The first-order valence-corrected chi connectivity index (χ1v) is 7.42. The zero-order chi connectivity index (χ0) is 14.5. The first-order chi connectivity index (χ1) is 9.56. The smallest absolute Gasteiger partial charge is 0.136 e. The predicted octanol–water partition coefficient (Wildman–Crippen LogP) is 1.97. The van der Waals surface area contributed by atoms with Crippen molar-refractivity contribution < 1.29 is 19.0 Å². The second-order valence-corrected chi connectivity index (χ2v) is 5.77. The molecule has 0 aromatic heterocycles. The van der Waals surface area contributed by atoms with E-state index in [9.17, 15) is 9.50 Å². The normalized spacial score (nSPS) is 18.0. The lowest BCUT2D eigenvalue weighted by molar-refractivity contribution is 0.00453. The maximum atomic E-state index is 13.2. The van der Waals surface area contributed by atoms with E-state index in [-0.39, 0.29) is 12.4 Å². The average molecular weight is 348 g/mol. The third kappa shape index (κ3) is 4.41. The molecule has 1 saturated heterocycles. The van der Waals surface area contributed by atoms with Crippen LogP contribution in [0.4, 0.5) is 4.39 Å². The van der Waals surface area contributed by atoms with Gasteiger partial charge in [-0.1, -0.05) is 0 Å². The fourth-order valence-corrected chi connectivity index (χ4v) is 2.83. The van der Waals surface area contributed by atoms with E-state index < -0.39 is 6.10 Å². The molecule has 0 bridgehead atoms. The van der Waals surface area contributed by atoms with E-state index in [1.54, 1.807) is 6.92 Å². The van der Waals surface area contributed by atoms with Crippen molar-refractivity contribution >= 4 is 15.9 Å². The summed E-state index contributed by atoms with van der Waals surface area (Å²) < 4.78 is 24.6. The van der Waals surface area contributed by atoms with Crippen LogP contribution in [0.2, 0.25) is 0 Å². The minimum atomic E-state index is -0.579. The van der Waals surface area contributed by atoms with Gasteiger partial charge in [0.1, 0.15) is 24.3 Å². The summed E-state index contributed by atoms with van der Waals surface area (Å²) >= 11 is 3.27. The molecule has 1 aromatic rings. The second-order valence-electron chi connectivity index (χ2n) is 4.91. The fourth-order valence-electron chi connectivity index (χ4n) is 2.19. The molecule has 0 spiro atoms. The topological polar surface area (TPSA) is 41.9 Å². The Balaban J connectivity index is 1.85. The molecule has 1 fully saturated rings. The number of aryl methyl sites for hydroxylation is 1. The number of nitrogens with zero attached hydrogens (tertiary/aromatic N) is 1. The van der Waals surface area contributed by atoms with E-state index in [4.69, 9.17) is 9.47 Å². The molecule has 1 atom stereocenters. The maximum Gasteiger partial charge on any atom is 0.136 e. The van der Waals surface area contributed by atoms with Crippen LogP contribution < -0.4 is 4.74 Å². The molecule has 0 aliphatic carbocycles. The van der Waals surface area contributed by atoms with Crippen LogP contribution in [0.15, 0.2) is 16.6 Å². The Morgan fingerprint density at radius 2 is 2.15 bits per heavy atom. The summed E-state index contributed by atoms with van der Waals surface area (Å²) in [5.74, 6) is 0.267. The van der Waals surface area contributed by atoms with Crippen LogP contribution in [-0.2, 0) is 4.74 Å². The number of halogens is 2. The summed E-state index contributed by atoms with van der Waals surface area (Å²) in [4.78, 5) is 2.14. The first kappa shape index (κ1) is 15.7. The summed E-state index contributed by atoms with van der Waals surface area (Å²) in [6.07, 6.45) is -0.579. The highest BCUT2D eigenvalue weighted by molar-refractivity contribution is 9.10. The molecule has 0 amide bonds. The van der Waals surface area contributed by atoms with Gasteiger partial charge in [0.25, 0.3) is 0 Å². The molecule has 1 aromatic carbocycles. The molecule has 1 heterocycles. The van der Waals surface area contributed by atoms with Gasteiger partial charge in [0.15, 0.2) is 0 Å². The van der Waals surface area contributed by atoms with E-state index in [1.807, 2.05) is 0 Å². The van der Waals surface area contributed by atoms with Crippen molar-refractivity contribution in [3.05, 3.63) is 28.0 Å². The van der Waals surface area contributed by atoms with Crippen molar-refractivity contribution in [3.8, 4) is 5.75 Å². The van der Waals surface area contributed by atoms with Crippen LogP contribution in [0.1, 0.15) is 5.56 Å². The monoisotopic (exact) mass is 347 g/mol. The highest BCUT2D eigenvalue weighted by Gasteiger charge is 2.16. The van der Waals surface area contributed by atoms with Crippen molar-refractivity contribution in [2.45, 2.75) is 13.0 Å². The summed E-state index contributed by atoms with van der Waals surface area (Å²) in [5.41, 5.74) is 0.704. The van der Waals surface area contributed by atoms with Crippen molar-refractivity contribution in [3.63, 3.8) is 0 Å². The van der Waals surface area contributed by atoms with Gasteiger partial charge in [-0.25, -0.2) is 4.39 Å². The number of rotatable bonds is 5. The van der Waals surface area contributed by atoms with Crippen LogP contribution in [0.5, 0.6) is 5.75 Å². The SMILES string of the molecule is Cc1cc(F)cc(Br)c1OC[C@H](O)CN1CCOCC1. The van der Waals surface area contributed by atoms with Crippen LogP contribution in [0, 0.1) is 12.7 Å². The lowest BCUT2D eigenvalue weighted by Crippen LogP contribution is -2.42. The minimum absolute atomic E-state index is 0.183. The number of benzene rings is 1. The Morgan fingerprint density at radius 1 is 1.45 bits per heavy atom. The van der Waals surface area contributed by atoms with Crippen molar-refractivity contribution in [1.29, 1.82) is 0 Å². The lowest BCUT2D eigenvalue weighted by Gasteiger charge is -2.28. The van der Waals surface area contributed by atoms with Crippen LogP contribution in [0.25, 0.3) is 0 Å². The van der Waals surface area contributed by atoms with Gasteiger partial charge < -0.3 is 14.6 Å². The van der Waals surface area contributed by atoms with E-state index in [0.717, 1.165) is 13.1 Å². The summed E-state index contributed by atoms with van der Waals surface area (Å²) in [6, 6.07) is 2.77. The van der Waals surface area contributed by atoms with Gasteiger partial charge in [0.05, 0.1) is 17.7 Å². The second kappa shape index (κ2) is 7.36. The number of aliphatic hydroxyl groups excluding tert-OH is 1. The molecule has 1 N–H and O–H groups in total. The van der Waals surface area contributed by atoms with E-state index in [0.29, 0.717) is 35.5 Å². The molecule has 0 saturated carbocycles. The largest absolute Gasteiger partial charge is 0.489 e. The zero-order valence-corrected chi connectivity index (χ0v) is 13.0. The van der Waals surface area contributed by atoms with Gasteiger partial charge in [-0.15, -0.1) is 0 Å². The van der Waals surface area contributed by atoms with E-state index >= 15 is 0 Å². The molecule has 4 nitrogen and oxygen atoms in total. The standard InChI is InChI=1S/C14H19BrFNO3/c1-10-6-11(16)7-13(15)14(10)20-9-12(18)8-17-2-4-19-5-3-17/h6-7,12,18H,2-5,8-9H2,1H3/t12-/m1/s1. The lowest BCUT2D eigenvalue weighted by atomic mass is 10.2. The number of hydrogen-bond donors (Lipinski definition) is 1. The summed E-state index contributed by atoms with van der Waals surface area (Å²) in [5, 5.41) is 10.0. The van der Waals surface area contributed by atoms with Gasteiger partial charge in [-0.3, -0.25) is 4.90 Å². The van der Waals surface area contributed by atoms with Gasteiger partial charge in [0, 0.05) is 19.6 Å². The van der Waals surface area contributed by atoms with Gasteiger partial charge >= 0.3 is 0 Å². The molecular formula is C14H19BrFNO3. The van der Waals surface area contributed by atoms with Crippen molar-refractivity contribution in [1.82, 2.24) is 4.90 Å². The Bertz CT molecular complexity index is 429. The Labute approximate surface area is 126 Å². The van der Waals surface area contributed by atoms with Crippen LogP contribution in [0.3, 0.4) is 0 Å². The quantitative estimate of drug-likeness (QED) is 0.884. The maximum absolute atomic E-state index is 13.2. The van der Waals surface area contributed by atoms with Gasteiger partial charge in [0.2, 0.25) is 0 Å². The number of hydrogen-bond acceptors (Lipinski definition) is 4. The van der Waals surface area contributed by atoms with Gasteiger partial charge in [-0.05, 0) is 40.5 Å². The van der Waals surface area contributed by atoms with Crippen LogP contribution >= 0.6 is 15.9 Å². The third-order valence-electron chi connectivity index (χ3n) is 3.19. The van der Waals surface area contributed by atoms with E-state index in [1.165, 1.54) is 12.1 Å². The molecular weight excluding hydrogens is 329 g/mol. The Kier molecular flexibility index (Phi) is 5.77. The molecule has 20 heavy (non-hydrogen) atoms. The first-order valence-electron chi connectivity index (χ1n) is 6.63. The highest BCUT2D eigenvalue weighted by Crippen LogP contribution is 2.29. The molecule has 0 unspecified atom stereocenters. The molecule has 0 radical (unpaired) electrons. The predicted molar refractivity (Wildman–Crippen MR) is 77.6 cm³/mol. The molecule has 1 aliphatic heterocycles. The number of ether oxygens (including phenoxy) is 2. The minimum Gasteiger partial charge on any atom is -0.489 e. The summed E-state index contributed by atoms with van der Waals surface area (Å²) in [6.45, 7) is 5.58. The molecule has 112 valence electrons. The van der Waals surface area contributed by atoms with E-state index in [2.05, 4.69) is 20.8 Å². The molecule has 6 heteroatoms. The number of morpholine rings is 1. The third-order valence-corrected chi connectivity index (χ3v) is 3.78. The number of β-amino-alcohol motifs (C(OH)–C–C–N with tert-alkyl or cyclic N) is 1. The molecule has 2 rings (SSSR count). The summed E-state index contributed by atoms with van der Waals surface area (Å²) in [7, 11) is 0. The van der Waals surface area contributed by atoms with Crippen molar-refractivity contribution in [2.24, 2.45) is 0 Å². The zero-order valence-electron chi connectivity index (χ0n) is 11.4. The van der Waals surface area contributed by atoms with Crippen LogP contribution in [-0.4, -0.2) is 55.6 Å². The number of aliphatic hydroxyl groups is 1. The molecule has 1 aliphatic rings. The van der Waals surface area contributed by atoms with Crippen molar-refractivity contribution in [2.75, 3.05) is 39.5 Å². The fraction of sp³-hybridized carbons (Fsp3) is 0.571. The Morgan fingerprint density at radius 3 is 2.80 bits per heavy atom.